The van der Waals surface area contributed by atoms with E-state index in [-0.39, 0.29) is 10.5 Å². The molecule has 0 atom stereocenters. The van der Waals surface area contributed by atoms with Crippen molar-refractivity contribution in [3.05, 3.63) is 54.1 Å². The lowest BCUT2D eigenvalue weighted by molar-refractivity contribution is 0.0596. The van der Waals surface area contributed by atoms with Gasteiger partial charge in [0.05, 0.1) is 25.5 Å². The minimum Gasteiger partial charge on any atom is -0.497 e. The number of carbonyl (C=O) groups excluding carboxylic acids is 1. The highest BCUT2D eigenvalue weighted by molar-refractivity contribution is 7.92. The van der Waals surface area contributed by atoms with Crippen molar-refractivity contribution in [1.82, 2.24) is 0 Å². The number of sulfonamides is 1. The maximum atomic E-state index is 12.8. The number of anilines is 1. The summed E-state index contributed by atoms with van der Waals surface area (Å²) in [5, 5.41) is 0. The van der Waals surface area contributed by atoms with E-state index in [9.17, 15) is 13.2 Å². The summed E-state index contributed by atoms with van der Waals surface area (Å²) in [7, 11) is 0.253. The highest BCUT2D eigenvalue weighted by Crippen LogP contribution is 2.26. The standard InChI is InChI=1S/C16H17NO5S/c1-17(12-8-10-13(21-2)11-9-12)23(19,20)15-7-5-4-6-14(15)16(18)22-3/h4-11H,1-3H3. The van der Waals surface area contributed by atoms with Gasteiger partial charge in [-0.05, 0) is 36.4 Å². The van der Waals surface area contributed by atoms with E-state index >= 15 is 0 Å². The number of methoxy groups -OCH3 is 2. The van der Waals surface area contributed by atoms with Crippen LogP contribution in [-0.4, -0.2) is 35.7 Å². The third-order valence-corrected chi connectivity index (χ3v) is 5.21. The number of carbonyl (C=O) groups is 1. The molecule has 0 aliphatic carbocycles. The second-order valence-electron chi connectivity index (χ2n) is 4.66. The third kappa shape index (κ3) is 3.29. The molecule has 0 heterocycles. The minimum atomic E-state index is -3.91. The number of benzene rings is 2. The summed E-state index contributed by atoms with van der Waals surface area (Å²) in [4.78, 5) is 11.7. The van der Waals surface area contributed by atoms with Crippen LogP contribution in [0.5, 0.6) is 5.75 Å². The van der Waals surface area contributed by atoms with Crippen molar-refractivity contribution in [2.45, 2.75) is 4.90 Å². The molecule has 2 aromatic carbocycles. The van der Waals surface area contributed by atoms with Crippen LogP contribution in [0.2, 0.25) is 0 Å². The zero-order chi connectivity index (χ0) is 17.0. The quantitative estimate of drug-likeness (QED) is 0.784. The van der Waals surface area contributed by atoms with Gasteiger partial charge in [0.2, 0.25) is 0 Å². The molecule has 2 aromatic rings. The summed E-state index contributed by atoms with van der Waals surface area (Å²) in [6, 6.07) is 12.5. The van der Waals surface area contributed by atoms with E-state index in [0.29, 0.717) is 11.4 Å². The number of hydrogen-bond acceptors (Lipinski definition) is 5. The van der Waals surface area contributed by atoms with Crippen LogP contribution in [0.15, 0.2) is 53.4 Å². The molecule has 0 radical (unpaired) electrons. The van der Waals surface area contributed by atoms with Gasteiger partial charge in [-0.2, -0.15) is 0 Å². The Labute approximate surface area is 135 Å². The predicted octanol–water partition coefficient (Wildman–Crippen LogP) is 2.31. The predicted molar refractivity (Wildman–Crippen MR) is 86.4 cm³/mol. The summed E-state index contributed by atoms with van der Waals surface area (Å²) in [5.41, 5.74) is 0.445. The van der Waals surface area contributed by atoms with E-state index in [4.69, 9.17) is 4.74 Å². The van der Waals surface area contributed by atoms with Crippen molar-refractivity contribution >= 4 is 21.7 Å². The smallest absolute Gasteiger partial charge is 0.339 e. The second-order valence-corrected chi connectivity index (χ2v) is 6.60. The summed E-state index contributed by atoms with van der Waals surface area (Å²) in [6.07, 6.45) is 0. The molecule has 0 fully saturated rings. The molecule has 0 spiro atoms. The van der Waals surface area contributed by atoms with Gasteiger partial charge in [-0.25, -0.2) is 13.2 Å². The van der Waals surface area contributed by atoms with Crippen LogP contribution in [0.4, 0.5) is 5.69 Å². The Morgan fingerprint density at radius 3 is 2.17 bits per heavy atom. The average molecular weight is 335 g/mol. The third-order valence-electron chi connectivity index (χ3n) is 3.37. The molecule has 23 heavy (non-hydrogen) atoms. The van der Waals surface area contributed by atoms with E-state index in [1.54, 1.807) is 36.4 Å². The molecule has 0 aromatic heterocycles. The van der Waals surface area contributed by atoms with E-state index < -0.39 is 16.0 Å². The van der Waals surface area contributed by atoms with Gasteiger partial charge in [0.1, 0.15) is 10.6 Å². The van der Waals surface area contributed by atoms with Gasteiger partial charge in [-0.3, -0.25) is 4.31 Å². The van der Waals surface area contributed by atoms with Gasteiger partial charge < -0.3 is 9.47 Å². The fourth-order valence-corrected chi connectivity index (χ4v) is 3.42. The fraction of sp³-hybridized carbons (Fsp3) is 0.188. The molecule has 0 saturated carbocycles. The first-order chi connectivity index (χ1) is 10.9. The molecule has 0 N–H and O–H groups in total. The summed E-state index contributed by atoms with van der Waals surface area (Å²) < 4.78 is 36.4. The molecule has 7 heteroatoms. The Bertz CT molecular complexity index is 799. The van der Waals surface area contributed by atoms with Crippen LogP contribution >= 0.6 is 0 Å². The molecule has 122 valence electrons. The van der Waals surface area contributed by atoms with Crippen molar-refractivity contribution in [2.24, 2.45) is 0 Å². The largest absolute Gasteiger partial charge is 0.497 e. The van der Waals surface area contributed by atoms with E-state index in [1.165, 1.54) is 33.4 Å². The van der Waals surface area contributed by atoms with Crippen LogP contribution in [0.3, 0.4) is 0 Å². The molecule has 0 aliphatic rings. The van der Waals surface area contributed by atoms with Gasteiger partial charge in [-0.1, -0.05) is 12.1 Å². The number of esters is 1. The summed E-state index contributed by atoms with van der Waals surface area (Å²) >= 11 is 0. The van der Waals surface area contributed by atoms with E-state index in [2.05, 4.69) is 4.74 Å². The van der Waals surface area contributed by atoms with Gasteiger partial charge in [-0.15, -0.1) is 0 Å². The van der Waals surface area contributed by atoms with Gasteiger partial charge >= 0.3 is 5.97 Å². The lowest BCUT2D eigenvalue weighted by Crippen LogP contribution is -2.28. The van der Waals surface area contributed by atoms with Crippen LogP contribution in [0.25, 0.3) is 0 Å². The lowest BCUT2D eigenvalue weighted by Gasteiger charge is -2.21. The molecule has 0 unspecified atom stereocenters. The minimum absolute atomic E-state index is 0.00429. The van der Waals surface area contributed by atoms with Crippen LogP contribution in [0.1, 0.15) is 10.4 Å². The number of nitrogens with zero attached hydrogens (tertiary/aromatic N) is 1. The Balaban J connectivity index is 2.47. The first-order valence-corrected chi connectivity index (χ1v) is 8.16. The molecule has 0 amide bonds. The molecule has 0 saturated heterocycles. The molecular weight excluding hydrogens is 318 g/mol. The topological polar surface area (TPSA) is 72.9 Å². The van der Waals surface area contributed by atoms with Gasteiger partial charge in [0.25, 0.3) is 10.0 Å². The Kier molecular flexibility index (Phi) is 4.90. The lowest BCUT2D eigenvalue weighted by atomic mass is 10.2. The Hall–Kier alpha value is -2.54. The van der Waals surface area contributed by atoms with E-state index in [1.807, 2.05) is 0 Å². The summed E-state index contributed by atoms with van der Waals surface area (Å²) in [5.74, 6) is -0.0817. The SMILES string of the molecule is COC(=O)c1ccccc1S(=O)(=O)N(C)c1ccc(OC)cc1. The normalized spacial score (nSPS) is 10.9. The van der Waals surface area contributed by atoms with Crippen molar-refractivity contribution in [3.63, 3.8) is 0 Å². The molecule has 0 aliphatic heterocycles. The average Bonchev–Trinajstić information content (AvgIpc) is 2.60. The van der Waals surface area contributed by atoms with Gasteiger partial charge in [0, 0.05) is 7.05 Å². The van der Waals surface area contributed by atoms with Crippen molar-refractivity contribution in [1.29, 1.82) is 0 Å². The first kappa shape index (κ1) is 16.8. The number of hydrogen-bond donors (Lipinski definition) is 0. The maximum absolute atomic E-state index is 12.8. The highest BCUT2D eigenvalue weighted by Gasteiger charge is 2.27. The van der Waals surface area contributed by atoms with Crippen LogP contribution in [-0.2, 0) is 14.8 Å². The number of ether oxygens (including phenoxy) is 2. The Morgan fingerprint density at radius 1 is 1.00 bits per heavy atom. The summed E-state index contributed by atoms with van der Waals surface area (Å²) in [6.45, 7) is 0. The van der Waals surface area contributed by atoms with E-state index in [0.717, 1.165) is 4.31 Å². The zero-order valence-electron chi connectivity index (χ0n) is 13.0. The molecule has 2 rings (SSSR count). The highest BCUT2D eigenvalue weighted by atomic mass is 32.2. The monoisotopic (exact) mass is 335 g/mol. The fourth-order valence-electron chi connectivity index (χ4n) is 2.05. The second kappa shape index (κ2) is 6.70. The number of rotatable bonds is 5. The molecule has 0 bridgehead atoms. The van der Waals surface area contributed by atoms with Crippen molar-refractivity contribution in [2.75, 3.05) is 25.6 Å². The molecular formula is C16H17NO5S. The van der Waals surface area contributed by atoms with Crippen LogP contribution in [0, 0.1) is 0 Å². The van der Waals surface area contributed by atoms with Crippen LogP contribution < -0.4 is 9.04 Å². The Morgan fingerprint density at radius 2 is 1.61 bits per heavy atom. The maximum Gasteiger partial charge on any atom is 0.339 e. The van der Waals surface area contributed by atoms with Crippen molar-refractivity contribution in [3.8, 4) is 5.75 Å². The molecule has 6 nitrogen and oxygen atoms in total. The van der Waals surface area contributed by atoms with Crippen molar-refractivity contribution < 1.29 is 22.7 Å². The zero-order valence-corrected chi connectivity index (χ0v) is 13.8. The first-order valence-electron chi connectivity index (χ1n) is 6.72. The van der Waals surface area contributed by atoms with Gasteiger partial charge in [0.15, 0.2) is 0 Å².